The van der Waals surface area contributed by atoms with Crippen LogP contribution in [0.4, 0.5) is 8.78 Å². The standard InChI is InChI=1S/C25H29F2N3O2/c1-5-13-25(26,27)22-28-23(24(2,3)4)30(29-22)16-18-11-9-17(10-12-18)14-19-7-6-8-20(15-19)21(31)32/h6-12,15H,5,13-14,16H2,1-4H3,(H,31,32). The maximum atomic E-state index is 14.4. The highest BCUT2D eigenvalue weighted by Crippen LogP contribution is 2.32. The Labute approximate surface area is 187 Å². The van der Waals surface area contributed by atoms with Crippen molar-refractivity contribution < 1.29 is 18.7 Å². The molecule has 32 heavy (non-hydrogen) atoms. The summed E-state index contributed by atoms with van der Waals surface area (Å²) in [5, 5.41) is 13.3. The van der Waals surface area contributed by atoms with Gasteiger partial charge in [-0.2, -0.15) is 8.78 Å². The van der Waals surface area contributed by atoms with Crippen LogP contribution in [0.25, 0.3) is 0 Å². The quantitative estimate of drug-likeness (QED) is 0.479. The van der Waals surface area contributed by atoms with Crippen LogP contribution in [0, 0.1) is 0 Å². The Morgan fingerprint density at radius 2 is 1.69 bits per heavy atom. The number of aromatic carboxylic acids is 1. The zero-order valence-electron chi connectivity index (χ0n) is 18.9. The molecule has 2 aromatic carbocycles. The first-order valence-corrected chi connectivity index (χ1v) is 10.7. The highest BCUT2D eigenvalue weighted by atomic mass is 19.3. The fraction of sp³-hybridized carbons (Fsp3) is 0.400. The fourth-order valence-electron chi connectivity index (χ4n) is 3.57. The second-order valence-corrected chi connectivity index (χ2v) is 9.12. The molecule has 3 aromatic rings. The molecule has 0 saturated carbocycles. The molecule has 1 N–H and O–H groups in total. The van der Waals surface area contributed by atoms with Crippen molar-refractivity contribution in [3.05, 3.63) is 82.4 Å². The Bertz CT molecular complexity index is 1080. The van der Waals surface area contributed by atoms with E-state index in [0.717, 1.165) is 16.7 Å². The van der Waals surface area contributed by atoms with E-state index in [4.69, 9.17) is 5.11 Å². The Kier molecular flexibility index (Phi) is 6.77. The third kappa shape index (κ3) is 5.58. The molecule has 0 aliphatic carbocycles. The number of benzene rings is 2. The molecule has 0 aliphatic heterocycles. The highest BCUT2D eigenvalue weighted by Gasteiger charge is 2.37. The molecule has 1 aromatic heterocycles. The lowest BCUT2D eigenvalue weighted by atomic mass is 9.95. The monoisotopic (exact) mass is 441 g/mol. The summed E-state index contributed by atoms with van der Waals surface area (Å²) in [6.07, 6.45) is 0.674. The second kappa shape index (κ2) is 9.18. The minimum atomic E-state index is -3.05. The van der Waals surface area contributed by atoms with Crippen molar-refractivity contribution in [1.82, 2.24) is 14.8 Å². The van der Waals surface area contributed by atoms with Gasteiger partial charge in [0.1, 0.15) is 5.82 Å². The fourth-order valence-corrected chi connectivity index (χ4v) is 3.57. The smallest absolute Gasteiger partial charge is 0.335 e. The zero-order chi connectivity index (χ0) is 23.5. The number of halogens is 2. The normalized spacial score (nSPS) is 12.2. The van der Waals surface area contributed by atoms with Gasteiger partial charge < -0.3 is 5.11 Å². The van der Waals surface area contributed by atoms with Crippen molar-refractivity contribution in [3.63, 3.8) is 0 Å². The molecule has 5 nitrogen and oxygen atoms in total. The Morgan fingerprint density at radius 1 is 1.03 bits per heavy atom. The molecule has 0 unspecified atom stereocenters. The predicted molar refractivity (Wildman–Crippen MR) is 119 cm³/mol. The minimum Gasteiger partial charge on any atom is -0.478 e. The first-order chi connectivity index (χ1) is 15.0. The molecular weight excluding hydrogens is 412 g/mol. The van der Waals surface area contributed by atoms with E-state index < -0.39 is 23.1 Å². The number of aromatic nitrogens is 3. The van der Waals surface area contributed by atoms with Gasteiger partial charge in [-0.15, -0.1) is 5.10 Å². The van der Waals surface area contributed by atoms with Crippen LogP contribution in [0.15, 0.2) is 48.5 Å². The van der Waals surface area contributed by atoms with E-state index in [9.17, 15) is 13.6 Å². The molecular formula is C25H29F2N3O2. The number of carbonyl (C=O) groups is 1. The van der Waals surface area contributed by atoms with E-state index in [1.807, 2.05) is 51.1 Å². The largest absolute Gasteiger partial charge is 0.478 e. The van der Waals surface area contributed by atoms with Gasteiger partial charge in [0.15, 0.2) is 0 Å². The van der Waals surface area contributed by atoms with Gasteiger partial charge in [-0.05, 0) is 41.7 Å². The molecule has 170 valence electrons. The molecule has 0 bridgehead atoms. The summed E-state index contributed by atoms with van der Waals surface area (Å²) in [7, 11) is 0. The van der Waals surface area contributed by atoms with Crippen molar-refractivity contribution >= 4 is 5.97 Å². The maximum absolute atomic E-state index is 14.4. The minimum absolute atomic E-state index is 0.260. The Morgan fingerprint density at radius 3 is 2.28 bits per heavy atom. The molecule has 0 atom stereocenters. The van der Waals surface area contributed by atoms with Crippen LogP contribution >= 0.6 is 0 Å². The molecule has 0 saturated heterocycles. The average Bonchev–Trinajstić information content (AvgIpc) is 3.15. The van der Waals surface area contributed by atoms with E-state index in [1.165, 1.54) is 0 Å². The van der Waals surface area contributed by atoms with Gasteiger partial charge in [-0.1, -0.05) is 64.1 Å². The molecule has 3 rings (SSSR count). The van der Waals surface area contributed by atoms with Gasteiger partial charge in [0.2, 0.25) is 5.82 Å². The van der Waals surface area contributed by atoms with Gasteiger partial charge >= 0.3 is 11.9 Å². The van der Waals surface area contributed by atoms with Crippen LogP contribution in [0.5, 0.6) is 0 Å². The summed E-state index contributed by atoms with van der Waals surface area (Å²) in [5.41, 5.74) is 2.69. The number of carboxylic acids is 1. The molecule has 7 heteroatoms. The van der Waals surface area contributed by atoms with E-state index >= 15 is 0 Å². The Hall–Kier alpha value is -3.09. The summed E-state index contributed by atoms with van der Waals surface area (Å²) in [5.74, 6) is -3.89. The summed E-state index contributed by atoms with van der Waals surface area (Å²) >= 11 is 0. The lowest BCUT2D eigenvalue weighted by molar-refractivity contribution is -0.0232. The number of hydrogen-bond acceptors (Lipinski definition) is 3. The average molecular weight is 442 g/mol. The highest BCUT2D eigenvalue weighted by molar-refractivity contribution is 5.87. The van der Waals surface area contributed by atoms with Crippen LogP contribution in [-0.4, -0.2) is 25.8 Å². The first kappa shape index (κ1) is 23.6. The van der Waals surface area contributed by atoms with E-state index in [2.05, 4.69) is 10.1 Å². The molecule has 0 fully saturated rings. The SMILES string of the molecule is CCCC(F)(F)c1nc(C(C)(C)C)n(Cc2ccc(Cc3cccc(C(=O)O)c3)cc2)n1. The molecule has 0 amide bonds. The van der Waals surface area contributed by atoms with Gasteiger partial charge in [0.05, 0.1) is 12.1 Å². The first-order valence-electron chi connectivity index (χ1n) is 10.7. The Balaban J connectivity index is 1.81. The maximum Gasteiger partial charge on any atom is 0.335 e. The second-order valence-electron chi connectivity index (χ2n) is 9.12. The number of nitrogens with zero attached hydrogens (tertiary/aromatic N) is 3. The van der Waals surface area contributed by atoms with Crippen LogP contribution in [-0.2, 0) is 24.3 Å². The lowest BCUT2D eigenvalue weighted by Gasteiger charge is -2.18. The molecule has 1 heterocycles. The zero-order valence-corrected chi connectivity index (χ0v) is 18.9. The van der Waals surface area contributed by atoms with Gasteiger partial charge in [0.25, 0.3) is 0 Å². The van der Waals surface area contributed by atoms with Crippen LogP contribution in [0.3, 0.4) is 0 Å². The number of hydrogen-bond donors (Lipinski definition) is 1. The van der Waals surface area contributed by atoms with Gasteiger partial charge in [-0.3, -0.25) is 0 Å². The summed E-state index contributed by atoms with van der Waals surface area (Å²) in [6, 6.07) is 14.7. The van der Waals surface area contributed by atoms with Gasteiger partial charge in [0, 0.05) is 11.8 Å². The van der Waals surface area contributed by atoms with Crippen LogP contribution < -0.4 is 0 Å². The number of carboxylic acid groups (broad SMARTS) is 1. The van der Waals surface area contributed by atoms with E-state index in [1.54, 1.807) is 29.8 Å². The molecule has 0 aliphatic rings. The van der Waals surface area contributed by atoms with Crippen LogP contribution in [0.1, 0.15) is 79.2 Å². The van der Waals surface area contributed by atoms with Crippen molar-refractivity contribution in [2.24, 2.45) is 0 Å². The van der Waals surface area contributed by atoms with E-state index in [-0.39, 0.29) is 12.0 Å². The lowest BCUT2D eigenvalue weighted by Crippen LogP contribution is -2.20. The number of rotatable bonds is 8. The molecule has 0 radical (unpaired) electrons. The summed E-state index contributed by atoms with van der Waals surface area (Å²) in [4.78, 5) is 15.4. The number of alkyl halides is 2. The predicted octanol–water partition coefficient (Wildman–Crippen LogP) is 5.80. The topological polar surface area (TPSA) is 68.0 Å². The van der Waals surface area contributed by atoms with Crippen LogP contribution in [0.2, 0.25) is 0 Å². The summed E-state index contributed by atoms with van der Waals surface area (Å²) < 4.78 is 30.5. The third-order valence-electron chi connectivity index (χ3n) is 5.17. The summed E-state index contributed by atoms with van der Waals surface area (Å²) in [6.45, 7) is 7.86. The third-order valence-corrected chi connectivity index (χ3v) is 5.17. The van der Waals surface area contributed by atoms with Crippen molar-refractivity contribution in [3.8, 4) is 0 Å². The van der Waals surface area contributed by atoms with Gasteiger partial charge in [-0.25, -0.2) is 14.5 Å². The van der Waals surface area contributed by atoms with E-state index in [0.29, 0.717) is 25.2 Å². The van der Waals surface area contributed by atoms with Crippen molar-refractivity contribution in [2.45, 2.75) is 64.8 Å². The molecule has 0 spiro atoms. The van der Waals surface area contributed by atoms with Crippen molar-refractivity contribution in [1.29, 1.82) is 0 Å². The van der Waals surface area contributed by atoms with Crippen molar-refractivity contribution in [2.75, 3.05) is 0 Å².